The Kier molecular flexibility index (Phi) is 5.18. The molecule has 1 N–H and O–H groups in total. The fourth-order valence-electron chi connectivity index (χ4n) is 2.64. The Balaban J connectivity index is 2.01. The molecule has 0 radical (unpaired) electrons. The molecule has 7 heteroatoms. The van der Waals surface area contributed by atoms with E-state index in [1.807, 2.05) is 19.1 Å². The van der Waals surface area contributed by atoms with Gasteiger partial charge in [-0.2, -0.15) is 0 Å². The maximum absolute atomic E-state index is 12.0. The van der Waals surface area contributed by atoms with Gasteiger partial charge in [0.25, 0.3) is 0 Å². The molecule has 1 aliphatic heterocycles. The smallest absolute Gasteiger partial charge is 0.215 e. The lowest BCUT2D eigenvalue weighted by molar-refractivity contribution is 0.325. The third-order valence-electron chi connectivity index (χ3n) is 3.61. The van der Waals surface area contributed by atoms with Gasteiger partial charge in [0.2, 0.25) is 10.0 Å². The zero-order valence-electron chi connectivity index (χ0n) is 12.8. The van der Waals surface area contributed by atoms with Gasteiger partial charge in [-0.05, 0) is 19.9 Å². The lowest BCUT2D eigenvalue weighted by Gasteiger charge is -2.16. The summed E-state index contributed by atoms with van der Waals surface area (Å²) >= 11 is 0. The van der Waals surface area contributed by atoms with Crippen molar-refractivity contribution in [3.63, 3.8) is 0 Å². The van der Waals surface area contributed by atoms with Crippen molar-refractivity contribution in [3.8, 4) is 5.75 Å². The Hall–Kier alpha value is -1.18. The van der Waals surface area contributed by atoms with Gasteiger partial charge < -0.3 is 4.74 Å². The fourth-order valence-corrected chi connectivity index (χ4v) is 4.10. The minimum absolute atomic E-state index is 0.329. The number of pyridine rings is 1. The van der Waals surface area contributed by atoms with Crippen LogP contribution in [0.4, 0.5) is 0 Å². The van der Waals surface area contributed by atoms with Crippen molar-refractivity contribution in [2.24, 2.45) is 0 Å². The summed E-state index contributed by atoms with van der Waals surface area (Å²) in [6.07, 6.45) is 0.665. The number of hydrogen-bond acceptors (Lipinski definition) is 5. The van der Waals surface area contributed by atoms with Crippen molar-refractivity contribution >= 4 is 10.0 Å². The molecule has 1 unspecified atom stereocenters. The molecule has 0 spiro atoms. The van der Waals surface area contributed by atoms with E-state index in [1.54, 1.807) is 14.0 Å². The number of aryl methyl sites for hydroxylation is 1. The number of rotatable bonds is 6. The van der Waals surface area contributed by atoms with E-state index in [9.17, 15) is 8.42 Å². The van der Waals surface area contributed by atoms with Gasteiger partial charge in [0.05, 0.1) is 18.1 Å². The molecule has 0 aliphatic carbocycles. The van der Waals surface area contributed by atoms with Gasteiger partial charge in [-0.1, -0.05) is 6.92 Å². The van der Waals surface area contributed by atoms with Crippen molar-refractivity contribution in [3.05, 3.63) is 23.5 Å². The Labute approximate surface area is 126 Å². The van der Waals surface area contributed by atoms with Crippen LogP contribution in [0.1, 0.15) is 24.7 Å². The summed E-state index contributed by atoms with van der Waals surface area (Å²) in [4.78, 5) is 6.61. The van der Waals surface area contributed by atoms with E-state index in [2.05, 4.69) is 14.6 Å². The van der Waals surface area contributed by atoms with Crippen molar-refractivity contribution in [2.75, 3.05) is 26.7 Å². The second-order valence-corrected chi connectivity index (χ2v) is 7.37. The third kappa shape index (κ3) is 4.15. The van der Waals surface area contributed by atoms with Gasteiger partial charge in [0, 0.05) is 37.5 Å². The molecule has 118 valence electrons. The highest BCUT2D eigenvalue weighted by Crippen LogP contribution is 2.20. The molecular formula is C14H23N3O3S. The molecule has 6 nitrogen and oxygen atoms in total. The number of nitrogens with one attached hydrogen (secondary N) is 1. The zero-order chi connectivity index (χ0) is 15.5. The minimum Gasteiger partial charge on any atom is -0.497 e. The van der Waals surface area contributed by atoms with E-state index in [1.165, 1.54) is 0 Å². The van der Waals surface area contributed by atoms with Gasteiger partial charge in [-0.15, -0.1) is 0 Å². The van der Waals surface area contributed by atoms with Crippen molar-refractivity contribution in [1.29, 1.82) is 0 Å². The van der Waals surface area contributed by atoms with Gasteiger partial charge in [0.15, 0.2) is 0 Å². The Bertz CT molecular complexity index is 589. The fraction of sp³-hybridized carbons (Fsp3) is 0.643. The van der Waals surface area contributed by atoms with Crippen molar-refractivity contribution in [2.45, 2.75) is 32.1 Å². The number of ether oxygens (including phenoxy) is 1. The molecular weight excluding hydrogens is 290 g/mol. The van der Waals surface area contributed by atoms with Crippen LogP contribution in [0.15, 0.2) is 12.1 Å². The van der Waals surface area contributed by atoms with Crippen LogP contribution in [0.5, 0.6) is 5.75 Å². The van der Waals surface area contributed by atoms with Crippen LogP contribution in [0.25, 0.3) is 0 Å². The van der Waals surface area contributed by atoms with E-state index in [0.29, 0.717) is 26.1 Å². The summed E-state index contributed by atoms with van der Waals surface area (Å²) in [5.74, 6) is 0.786. The lowest BCUT2D eigenvalue weighted by Crippen LogP contribution is -2.36. The first-order valence-electron chi connectivity index (χ1n) is 7.17. The zero-order valence-corrected chi connectivity index (χ0v) is 13.6. The van der Waals surface area contributed by atoms with Crippen LogP contribution in [0.2, 0.25) is 0 Å². The van der Waals surface area contributed by atoms with E-state index in [0.717, 1.165) is 23.7 Å². The maximum atomic E-state index is 12.0. The molecule has 21 heavy (non-hydrogen) atoms. The third-order valence-corrected chi connectivity index (χ3v) is 5.57. The van der Waals surface area contributed by atoms with Gasteiger partial charge in [-0.3, -0.25) is 9.88 Å². The Morgan fingerprint density at radius 1 is 1.48 bits per heavy atom. The first kappa shape index (κ1) is 16.2. The first-order valence-corrected chi connectivity index (χ1v) is 8.71. The topological polar surface area (TPSA) is 71.5 Å². The lowest BCUT2D eigenvalue weighted by atomic mass is 10.3. The second kappa shape index (κ2) is 6.72. The molecule has 1 aromatic rings. The van der Waals surface area contributed by atoms with Crippen LogP contribution in [0.3, 0.4) is 0 Å². The van der Waals surface area contributed by atoms with Gasteiger partial charge >= 0.3 is 0 Å². The number of sulfonamides is 1. The number of likely N-dealkylation sites (tertiary alicyclic amines) is 1. The highest BCUT2D eigenvalue weighted by Gasteiger charge is 2.32. The molecule has 1 aliphatic rings. The summed E-state index contributed by atoms with van der Waals surface area (Å²) in [5.41, 5.74) is 1.81. The molecule has 1 saturated heterocycles. The molecule has 0 aromatic carbocycles. The number of methoxy groups -OCH3 is 1. The predicted molar refractivity (Wildman–Crippen MR) is 81.8 cm³/mol. The Morgan fingerprint density at radius 3 is 2.90 bits per heavy atom. The number of hydrogen-bond donors (Lipinski definition) is 1. The summed E-state index contributed by atoms with van der Waals surface area (Å²) in [6, 6.07) is 3.78. The highest BCUT2D eigenvalue weighted by molar-refractivity contribution is 7.90. The molecule has 0 amide bonds. The monoisotopic (exact) mass is 313 g/mol. The summed E-state index contributed by atoms with van der Waals surface area (Å²) in [5, 5.41) is -0.329. The normalized spacial score (nSPS) is 19.9. The van der Waals surface area contributed by atoms with E-state index < -0.39 is 10.0 Å². The first-order chi connectivity index (χ1) is 9.94. The average Bonchev–Trinajstić information content (AvgIpc) is 2.87. The molecule has 1 fully saturated rings. The van der Waals surface area contributed by atoms with E-state index in [-0.39, 0.29) is 5.25 Å². The van der Waals surface area contributed by atoms with Crippen LogP contribution >= 0.6 is 0 Å². The molecule has 1 atom stereocenters. The quantitative estimate of drug-likeness (QED) is 0.845. The van der Waals surface area contributed by atoms with Crippen LogP contribution in [-0.4, -0.2) is 50.3 Å². The van der Waals surface area contributed by atoms with Crippen LogP contribution in [0, 0.1) is 6.92 Å². The SMILES string of the molecule is CCNS(=O)(=O)C1CCN(Cc2cc(OC)cc(C)n2)C1. The molecule has 2 rings (SSSR count). The molecule has 0 bridgehead atoms. The van der Waals surface area contributed by atoms with E-state index in [4.69, 9.17) is 4.74 Å². The standard InChI is InChI=1S/C14H23N3O3S/c1-4-15-21(18,19)14-5-6-17(10-14)9-12-8-13(20-3)7-11(2)16-12/h7-8,14-15H,4-6,9-10H2,1-3H3. The molecule has 1 aromatic heterocycles. The van der Waals surface area contributed by atoms with Crippen LogP contribution in [-0.2, 0) is 16.6 Å². The molecule has 2 heterocycles. The number of nitrogens with zero attached hydrogens (tertiary/aromatic N) is 2. The van der Waals surface area contributed by atoms with E-state index >= 15 is 0 Å². The average molecular weight is 313 g/mol. The highest BCUT2D eigenvalue weighted by atomic mass is 32.2. The Morgan fingerprint density at radius 2 is 2.24 bits per heavy atom. The van der Waals surface area contributed by atoms with Gasteiger partial charge in [0.1, 0.15) is 5.75 Å². The summed E-state index contributed by atoms with van der Waals surface area (Å²) in [6.45, 7) is 6.13. The van der Waals surface area contributed by atoms with Crippen molar-refractivity contribution < 1.29 is 13.2 Å². The van der Waals surface area contributed by atoms with Crippen molar-refractivity contribution in [1.82, 2.24) is 14.6 Å². The van der Waals surface area contributed by atoms with Gasteiger partial charge in [-0.25, -0.2) is 13.1 Å². The maximum Gasteiger partial charge on any atom is 0.215 e. The minimum atomic E-state index is -3.19. The number of aromatic nitrogens is 1. The summed E-state index contributed by atoms with van der Waals surface area (Å²) in [7, 11) is -1.56. The molecule has 0 saturated carbocycles. The van der Waals surface area contributed by atoms with Crippen LogP contribution < -0.4 is 9.46 Å². The summed E-state index contributed by atoms with van der Waals surface area (Å²) < 4.78 is 31.9. The largest absolute Gasteiger partial charge is 0.497 e. The predicted octanol–water partition coefficient (Wildman–Crippen LogP) is 0.912. The second-order valence-electron chi connectivity index (χ2n) is 5.33.